The Balaban J connectivity index is 1.88. The van der Waals surface area contributed by atoms with Crippen LogP contribution in [0.25, 0.3) is 0 Å². The number of rotatable bonds is 4. The van der Waals surface area contributed by atoms with Crippen LogP contribution >= 0.6 is 0 Å². The SMILES string of the molecule is N#Cc1cccnc1N(CC1CC1)C1CC1. The monoisotopic (exact) mass is 213 g/mol. The van der Waals surface area contributed by atoms with E-state index in [0.717, 1.165) is 23.8 Å². The molecule has 0 radical (unpaired) electrons. The molecule has 1 aromatic rings. The van der Waals surface area contributed by atoms with Crippen molar-refractivity contribution in [2.24, 2.45) is 5.92 Å². The third-order valence-corrected chi connectivity index (χ3v) is 3.32. The van der Waals surface area contributed by atoms with E-state index in [9.17, 15) is 0 Å². The average molecular weight is 213 g/mol. The van der Waals surface area contributed by atoms with Gasteiger partial charge in [0.05, 0.1) is 5.56 Å². The molecule has 0 spiro atoms. The van der Waals surface area contributed by atoms with Crippen LogP contribution in [-0.2, 0) is 0 Å². The Morgan fingerprint density at radius 1 is 1.38 bits per heavy atom. The molecule has 0 unspecified atom stereocenters. The summed E-state index contributed by atoms with van der Waals surface area (Å²) in [5.74, 6) is 1.74. The van der Waals surface area contributed by atoms with Gasteiger partial charge in [-0.2, -0.15) is 5.26 Å². The van der Waals surface area contributed by atoms with E-state index in [0.29, 0.717) is 6.04 Å². The van der Waals surface area contributed by atoms with Crippen LogP contribution in [0.2, 0.25) is 0 Å². The van der Waals surface area contributed by atoms with E-state index in [1.165, 1.54) is 25.7 Å². The minimum absolute atomic E-state index is 0.641. The summed E-state index contributed by atoms with van der Waals surface area (Å²) in [7, 11) is 0. The molecular weight excluding hydrogens is 198 g/mol. The van der Waals surface area contributed by atoms with E-state index in [4.69, 9.17) is 5.26 Å². The molecule has 0 atom stereocenters. The van der Waals surface area contributed by atoms with Crippen molar-refractivity contribution < 1.29 is 0 Å². The first-order chi connectivity index (χ1) is 7.88. The molecule has 0 aromatic carbocycles. The lowest BCUT2D eigenvalue weighted by Crippen LogP contribution is -2.29. The molecule has 82 valence electrons. The Labute approximate surface area is 95.7 Å². The molecule has 3 heteroatoms. The fraction of sp³-hybridized carbons (Fsp3) is 0.538. The van der Waals surface area contributed by atoms with Gasteiger partial charge in [0.15, 0.2) is 0 Å². The van der Waals surface area contributed by atoms with Gasteiger partial charge >= 0.3 is 0 Å². The zero-order valence-electron chi connectivity index (χ0n) is 9.26. The van der Waals surface area contributed by atoms with Crippen LogP contribution in [0.15, 0.2) is 18.3 Å². The van der Waals surface area contributed by atoms with E-state index < -0.39 is 0 Å². The number of nitriles is 1. The van der Waals surface area contributed by atoms with Gasteiger partial charge in [-0.1, -0.05) is 0 Å². The Kier molecular flexibility index (Phi) is 2.28. The zero-order valence-corrected chi connectivity index (χ0v) is 9.26. The minimum atomic E-state index is 0.641. The van der Waals surface area contributed by atoms with Crippen LogP contribution in [0, 0.1) is 17.2 Å². The standard InChI is InChI=1S/C13H15N3/c14-8-11-2-1-7-15-13(11)16(12-5-6-12)9-10-3-4-10/h1-2,7,10,12H,3-6,9H2. The van der Waals surface area contributed by atoms with Gasteiger partial charge in [0, 0.05) is 18.8 Å². The molecule has 2 aliphatic carbocycles. The fourth-order valence-corrected chi connectivity index (χ4v) is 2.09. The number of anilines is 1. The first-order valence-electron chi connectivity index (χ1n) is 6.00. The zero-order chi connectivity index (χ0) is 11.0. The van der Waals surface area contributed by atoms with Gasteiger partial charge in [-0.05, 0) is 43.7 Å². The molecule has 0 aliphatic heterocycles. The van der Waals surface area contributed by atoms with Crippen molar-refractivity contribution in [1.29, 1.82) is 5.26 Å². The molecule has 0 amide bonds. The maximum Gasteiger partial charge on any atom is 0.146 e. The molecule has 16 heavy (non-hydrogen) atoms. The number of aromatic nitrogens is 1. The van der Waals surface area contributed by atoms with Crippen LogP contribution in [0.1, 0.15) is 31.2 Å². The third kappa shape index (κ3) is 1.88. The fourth-order valence-electron chi connectivity index (χ4n) is 2.09. The summed E-state index contributed by atoms with van der Waals surface area (Å²) in [6, 6.07) is 6.59. The average Bonchev–Trinajstić information content (AvgIpc) is 3.16. The lowest BCUT2D eigenvalue weighted by molar-refractivity contribution is 0.708. The van der Waals surface area contributed by atoms with Gasteiger partial charge in [0.25, 0.3) is 0 Å². The quantitative estimate of drug-likeness (QED) is 0.770. The summed E-state index contributed by atoms with van der Waals surface area (Å²) in [4.78, 5) is 6.75. The van der Waals surface area contributed by atoms with Crippen LogP contribution in [0.3, 0.4) is 0 Å². The molecule has 0 saturated heterocycles. The Hall–Kier alpha value is -1.56. The predicted molar refractivity (Wildman–Crippen MR) is 62.0 cm³/mol. The van der Waals surface area contributed by atoms with Crippen molar-refractivity contribution in [1.82, 2.24) is 4.98 Å². The van der Waals surface area contributed by atoms with Crippen molar-refractivity contribution in [2.45, 2.75) is 31.7 Å². The van der Waals surface area contributed by atoms with Crippen LogP contribution in [0.4, 0.5) is 5.82 Å². The second kappa shape index (κ2) is 3.79. The summed E-state index contributed by atoms with van der Waals surface area (Å²) in [6.07, 6.45) is 7.00. The van der Waals surface area contributed by atoms with Crippen LogP contribution in [0.5, 0.6) is 0 Å². The maximum atomic E-state index is 9.10. The topological polar surface area (TPSA) is 39.9 Å². The summed E-state index contributed by atoms with van der Waals surface area (Å²) >= 11 is 0. The number of nitrogens with zero attached hydrogens (tertiary/aromatic N) is 3. The molecule has 2 aliphatic rings. The maximum absolute atomic E-state index is 9.10. The number of hydrogen-bond acceptors (Lipinski definition) is 3. The highest BCUT2D eigenvalue weighted by Gasteiger charge is 2.35. The first-order valence-corrected chi connectivity index (χ1v) is 6.00. The summed E-state index contributed by atoms with van der Waals surface area (Å²) in [5.41, 5.74) is 0.718. The highest BCUT2D eigenvalue weighted by atomic mass is 15.2. The summed E-state index contributed by atoms with van der Waals surface area (Å²) < 4.78 is 0. The van der Waals surface area contributed by atoms with E-state index in [1.54, 1.807) is 6.20 Å². The van der Waals surface area contributed by atoms with Crippen LogP contribution < -0.4 is 4.90 Å². The Morgan fingerprint density at radius 3 is 2.81 bits per heavy atom. The van der Waals surface area contributed by atoms with Crippen molar-refractivity contribution in [3.8, 4) is 6.07 Å². The Morgan fingerprint density at radius 2 is 2.19 bits per heavy atom. The molecule has 1 heterocycles. The van der Waals surface area contributed by atoms with Gasteiger partial charge in [0.2, 0.25) is 0 Å². The van der Waals surface area contributed by atoms with Crippen molar-refractivity contribution >= 4 is 5.82 Å². The Bertz CT molecular complexity index is 427. The highest BCUT2D eigenvalue weighted by Crippen LogP contribution is 2.37. The smallest absolute Gasteiger partial charge is 0.146 e. The van der Waals surface area contributed by atoms with E-state index in [2.05, 4.69) is 16.0 Å². The van der Waals surface area contributed by atoms with Crippen molar-refractivity contribution in [3.63, 3.8) is 0 Å². The van der Waals surface area contributed by atoms with Gasteiger partial charge in [-0.25, -0.2) is 4.98 Å². The molecule has 2 fully saturated rings. The molecule has 0 bridgehead atoms. The predicted octanol–water partition coefficient (Wildman–Crippen LogP) is 2.33. The van der Waals surface area contributed by atoms with E-state index in [-0.39, 0.29) is 0 Å². The number of pyridine rings is 1. The van der Waals surface area contributed by atoms with Gasteiger partial charge in [-0.3, -0.25) is 0 Å². The van der Waals surface area contributed by atoms with Crippen molar-refractivity contribution in [3.05, 3.63) is 23.9 Å². The van der Waals surface area contributed by atoms with Gasteiger partial charge < -0.3 is 4.90 Å². The molecular formula is C13H15N3. The summed E-state index contributed by atoms with van der Waals surface area (Å²) in [6.45, 7) is 1.09. The van der Waals surface area contributed by atoms with Crippen LogP contribution in [-0.4, -0.2) is 17.6 Å². The lowest BCUT2D eigenvalue weighted by atomic mass is 10.2. The number of hydrogen-bond donors (Lipinski definition) is 0. The minimum Gasteiger partial charge on any atom is -0.352 e. The van der Waals surface area contributed by atoms with E-state index >= 15 is 0 Å². The summed E-state index contributed by atoms with van der Waals surface area (Å²) in [5, 5.41) is 9.10. The normalized spacial score (nSPS) is 19.2. The molecule has 1 aromatic heterocycles. The molecule has 2 saturated carbocycles. The van der Waals surface area contributed by atoms with E-state index in [1.807, 2.05) is 12.1 Å². The van der Waals surface area contributed by atoms with Gasteiger partial charge in [-0.15, -0.1) is 0 Å². The first kappa shape index (κ1) is 9.65. The lowest BCUT2D eigenvalue weighted by Gasteiger charge is -2.24. The largest absolute Gasteiger partial charge is 0.352 e. The second-order valence-electron chi connectivity index (χ2n) is 4.81. The second-order valence-corrected chi connectivity index (χ2v) is 4.81. The molecule has 3 nitrogen and oxygen atoms in total. The highest BCUT2D eigenvalue weighted by molar-refractivity contribution is 5.55. The third-order valence-electron chi connectivity index (χ3n) is 3.32. The molecule has 3 rings (SSSR count). The van der Waals surface area contributed by atoms with Gasteiger partial charge in [0.1, 0.15) is 11.9 Å². The van der Waals surface area contributed by atoms with Crippen molar-refractivity contribution in [2.75, 3.05) is 11.4 Å². The molecule has 0 N–H and O–H groups in total.